The maximum Gasteiger partial charge on any atom is 0.301 e. The number of benzene rings is 1. The summed E-state index contributed by atoms with van der Waals surface area (Å²) in [4.78, 5) is 0. The lowest BCUT2D eigenvalue weighted by Gasteiger charge is -2.31. The minimum atomic E-state index is -3.45. The van der Waals surface area contributed by atoms with E-state index in [0.29, 0.717) is 24.5 Å². The van der Waals surface area contributed by atoms with E-state index in [1.807, 2.05) is 19.1 Å². The number of rotatable bonds is 4. The Morgan fingerprint density at radius 1 is 1.44 bits per heavy atom. The molecule has 0 aromatic heterocycles. The highest BCUT2D eigenvalue weighted by Crippen LogP contribution is 2.32. The Balaban J connectivity index is 2.36. The van der Waals surface area contributed by atoms with Crippen molar-refractivity contribution in [1.82, 2.24) is 4.72 Å². The number of hydrogen-bond acceptors (Lipinski definition) is 3. The molecule has 0 bridgehead atoms. The monoisotopic (exact) mass is 269 g/mol. The number of nitrogens with two attached hydrogens (primary N) is 1. The van der Waals surface area contributed by atoms with Crippen LogP contribution in [0.1, 0.15) is 25.3 Å². The fraction of sp³-hybridized carbons (Fsp3) is 0.500. The highest BCUT2D eigenvalue weighted by Gasteiger charge is 2.27. The molecular formula is C12H19N3O2S. The van der Waals surface area contributed by atoms with Crippen LogP contribution in [-0.4, -0.2) is 21.5 Å². The predicted molar refractivity (Wildman–Crippen MR) is 73.7 cm³/mol. The van der Waals surface area contributed by atoms with Crippen LogP contribution in [0.3, 0.4) is 0 Å². The first-order valence-electron chi connectivity index (χ1n) is 6.21. The standard InChI is InChI=1S/C12H19N3O2S/c1-2-8-14-18(16,17)15-9-4-5-10-11(13)6-3-7-12(10)15/h3,6-7,14H,2,4-5,8-9,13H2,1H3. The summed E-state index contributed by atoms with van der Waals surface area (Å²) in [6.07, 6.45) is 2.41. The molecule has 1 aromatic carbocycles. The average Bonchev–Trinajstić information content (AvgIpc) is 2.36. The molecule has 1 aliphatic rings. The maximum absolute atomic E-state index is 12.2. The molecule has 1 aromatic rings. The van der Waals surface area contributed by atoms with Gasteiger partial charge in [0.05, 0.1) is 5.69 Å². The number of anilines is 2. The van der Waals surface area contributed by atoms with E-state index in [0.717, 1.165) is 24.8 Å². The van der Waals surface area contributed by atoms with Gasteiger partial charge < -0.3 is 5.73 Å². The van der Waals surface area contributed by atoms with Crippen LogP contribution in [0.15, 0.2) is 18.2 Å². The molecule has 6 heteroatoms. The van der Waals surface area contributed by atoms with E-state index in [4.69, 9.17) is 5.73 Å². The molecule has 18 heavy (non-hydrogen) atoms. The first-order valence-corrected chi connectivity index (χ1v) is 7.65. The molecule has 0 saturated heterocycles. The van der Waals surface area contributed by atoms with E-state index in [2.05, 4.69) is 4.72 Å². The number of nitrogens with zero attached hydrogens (tertiary/aromatic N) is 1. The van der Waals surface area contributed by atoms with Gasteiger partial charge in [0.15, 0.2) is 0 Å². The van der Waals surface area contributed by atoms with Gasteiger partial charge in [0, 0.05) is 18.8 Å². The fourth-order valence-electron chi connectivity index (χ4n) is 2.18. The molecule has 1 heterocycles. The van der Waals surface area contributed by atoms with E-state index in [9.17, 15) is 8.42 Å². The highest BCUT2D eigenvalue weighted by atomic mass is 32.2. The van der Waals surface area contributed by atoms with Crippen molar-refractivity contribution in [3.63, 3.8) is 0 Å². The van der Waals surface area contributed by atoms with Crippen molar-refractivity contribution in [1.29, 1.82) is 0 Å². The third-order valence-corrected chi connectivity index (χ3v) is 4.60. The minimum absolute atomic E-state index is 0.455. The van der Waals surface area contributed by atoms with E-state index in [-0.39, 0.29) is 0 Å². The van der Waals surface area contributed by atoms with Crippen LogP contribution in [0.4, 0.5) is 11.4 Å². The molecule has 0 amide bonds. The summed E-state index contributed by atoms with van der Waals surface area (Å²) in [6.45, 7) is 2.90. The van der Waals surface area contributed by atoms with Crippen LogP contribution in [0, 0.1) is 0 Å². The number of nitrogens with one attached hydrogen (secondary N) is 1. The molecule has 1 aliphatic heterocycles. The van der Waals surface area contributed by atoms with Crippen LogP contribution in [0.2, 0.25) is 0 Å². The molecule has 0 radical (unpaired) electrons. The summed E-state index contributed by atoms with van der Waals surface area (Å²) < 4.78 is 28.4. The van der Waals surface area contributed by atoms with Crippen molar-refractivity contribution in [2.75, 3.05) is 23.1 Å². The quantitative estimate of drug-likeness (QED) is 0.808. The van der Waals surface area contributed by atoms with Crippen LogP contribution >= 0.6 is 0 Å². The lowest BCUT2D eigenvalue weighted by molar-refractivity contribution is 0.571. The van der Waals surface area contributed by atoms with Gasteiger partial charge in [-0.1, -0.05) is 13.0 Å². The van der Waals surface area contributed by atoms with Gasteiger partial charge in [0.25, 0.3) is 0 Å². The third kappa shape index (κ3) is 2.44. The summed E-state index contributed by atoms with van der Waals surface area (Å²) in [5.41, 5.74) is 8.22. The minimum Gasteiger partial charge on any atom is -0.398 e. The Kier molecular flexibility index (Phi) is 3.77. The van der Waals surface area contributed by atoms with Crippen LogP contribution in [-0.2, 0) is 16.6 Å². The van der Waals surface area contributed by atoms with Crippen molar-refractivity contribution in [2.24, 2.45) is 0 Å². The second-order valence-corrected chi connectivity index (χ2v) is 6.10. The number of hydrogen-bond donors (Lipinski definition) is 2. The Morgan fingerprint density at radius 3 is 2.94 bits per heavy atom. The Labute approximate surface area is 108 Å². The van der Waals surface area contributed by atoms with Gasteiger partial charge in [-0.25, -0.2) is 0 Å². The fourth-order valence-corrected chi connectivity index (χ4v) is 3.59. The second kappa shape index (κ2) is 5.16. The van der Waals surface area contributed by atoms with Gasteiger partial charge in [0.2, 0.25) is 0 Å². The van der Waals surface area contributed by atoms with Gasteiger partial charge in [-0.3, -0.25) is 4.31 Å². The van der Waals surface area contributed by atoms with Gasteiger partial charge in [-0.15, -0.1) is 0 Å². The third-order valence-electron chi connectivity index (χ3n) is 3.07. The van der Waals surface area contributed by atoms with Crippen molar-refractivity contribution in [3.05, 3.63) is 23.8 Å². The largest absolute Gasteiger partial charge is 0.398 e. The zero-order valence-corrected chi connectivity index (χ0v) is 11.3. The molecule has 0 spiro atoms. The molecule has 0 atom stereocenters. The van der Waals surface area contributed by atoms with Crippen molar-refractivity contribution < 1.29 is 8.42 Å². The molecular weight excluding hydrogens is 250 g/mol. The van der Waals surface area contributed by atoms with Crippen molar-refractivity contribution in [3.8, 4) is 0 Å². The number of fused-ring (bicyclic) bond motifs is 1. The Hall–Kier alpha value is -1.27. The maximum atomic E-state index is 12.2. The first-order chi connectivity index (χ1) is 8.56. The average molecular weight is 269 g/mol. The van der Waals surface area contributed by atoms with Crippen molar-refractivity contribution >= 4 is 21.6 Å². The number of nitrogen functional groups attached to an aromatic ring is 1. The smallest absolute Gasteiger partial charge is 0.301 e. The van der Waals surface area contributed by atoms with Gasteiger partial charge in [-0.05, 0) is 37.0 Å². The Bertz CT molecular complexity index is 528. The zero-order chi connectivity index (χ0) is 13.2. The molecule has 0 saturated carbocycles. The normalized spacial score (nSPS) is 15.5. The first kappa shape index (κ1) is 13.2. The van der Waals surface area contributed by atoms with Gasteiger partial charge in [0.1, 0.15) is 0 Å². The van der Waals surface area contributed by atoms with Gasteiger partial charge >= 0.3 is 10.2 Å². The summed E-state index contributed by atoms with van der Waals surface area (Å²) in [6, 6.07) is 5.42. The Morgan fingerprint density at radius 2 is 2.22 bits per heavy atom. The summed E-state index contributed by atoms with van der Waals surface area (Å²) in [7, 11) is -3.45. The second-order valence-electron chi connectivity index (χ2n) is 4.42. The van der Waals surface area contributed by atoms with E-state index in [1.54, 1.807) is 6.07 Å². The molecule has 5 nitrogen and oxygen atoms in total. The zero-order valence-electron chi connectivity index (χ0n) is 10.5. The molecule has 2 rings (SSSR count). The molecule has 0 aliphatic carbocycles. The van der Waals surface area contributed by atoms with E-state index < -0.39 is 10.2 Å². The molecule has 0 fully saturated rings. The molecule has 3 N–H and O–H groups in total. The lowest BCUT2D eigenvalue weighted by Crippen LogP contribution is -2.43. The van der Waals surface area contributed by atoms with Crippen LogP contribution < -0.4 is 14.8 Å². The summed E-state index contributed by atoms with van der Waals surface area (Å²) in [5, 5.41) is 0. The molecule has 0 unspecified atom stereocenters. The van der Waals surface area contributed by atoms with Gasteiger partial charge in [-0.2, -0.15) is 13.1 Å². The van der Waals surface area contributed by atoms with E-state index >= 15 is 0 Å². The summed E-state index contributed by atoms with van der Waals surface area (Å²) in [5.74, 6) is 0. The van der Waals surface area contributed by atoms with Crippen LogP contribution in [0.25, 0.3) is 0 Å². The summed E-state index contributed by atoms with van der Waals surface area (Å²) >= 11 is 0. The van der Waals surface area contributed by atoms with Crippen LogP contribution in [0.5, 0.6) is 0 Å². The molecule has 100 valence electrons. The SMILES string of the molecule is CCCNS(=O)(=O)N1CCCc2c(N)cccc21. The van der Waals surface area contributed by atoms with E-state index in [1.165, 1.54) is 4.31 Å². The lowest BCUT2D eigenvalue weighted by atomic mass is 10.0. The highest BCUT2D eigenvalue weighted by molar-refractivity contribution is 7.90. The predicted octanol–water partition coefficient (Wildman–Crippen LogP) is 1.27. The topological polar surface area (TPSA) is 75.4 Å². The van der Waals surface area contributed by atoms with Crippen molar-refractivity contribution in [2.45, 2.75) is 26.2 Å².